The second-order valence-electron chi connectivity index (χ2n) is 4.33. The van der Waals surface area contributed by atoms with Crippen molar-refractivity contribution in [2.75, 3.05) is 19.7 Å². The van der Waals surface area contributed by atoms with Crippen molar-refractivity contribution in [3.8, 4) is 0 Å². The van der Waals surface area contributed by atoms with Crippen LogP contribution in [0.4, 0.5) is 8.78 Å². The summed E-state index contributed by atoms with van der Waals surface area (Å²) in [7, 11) is 0. The summed E-state index contributed by atoms with van der Waals surface area (Å²) in [4.78, 5) is 0. The highest BCUT2D eigenvalue weighted by molar-refractivity contribution is 5.13. The van der Waals surface area contributed by atoms with E-state index in [2.05, 4.69) is 5.32 Å². The molecule has 1 rings (SSSR count). The highest BCUT2D eigenvalue weighted by Gasteiger charge is 2.28. The summed E-state index contributed by atoms with van der Waals surface area (Å²) in [6, 6.07) is 9.34. The van der Waals surface area contributed by atoms with Gasteiger partial charge in [0.15, 0.2) is 0 Å². The molecule has 0 aliphatic carbocycles. The first-order valence-corrected chi connectivity index (χ1v) is 6.34. The smallest absolute Gasteiger partial charge is 0.272 e. The average molecular weight is 257 g/mol. The Morgan fingerprint density at radius 3 is 2.56 bits per heavy atom. The zero-order chi connectivity index (χ0) is 13.3. The molecule has 0 amide bonds. The summed E-state index contributed by atoms with van der Waals surface area (Å²) in [5.74, 6) is -2.75. The van der Waals surface area contributed by atoms with Crippen LogP contribution >= 0.6 is 0 Å². The predicted molar refractivity (Wildman–Crippen MR) is 68.8 cm³/mol. The van der Waals surface area contributed by atoms with Crippen LogP contribution in [-0.2, 0) is 11.3 Å². The van der Waals surface area contributed by atoms with Gasteiger partial charge in [-0.05, 0) is 18.5 Å². The summed E-state index contributed by atoms with van der Waals surface area (Å²) >= 11 is 0. The third kappa shape index (κ3) is 6.67. The molecule has 0 atom stereocenters. The molecule has 0 saturated carbocycles. The van der Waals surface area contributed by atoms with Gasteiger partial charge in [-0.25, -0.2) is 8.78 Å². The molecular formula is C14H21F2NO. The molecule has 1 N–H and O–H groups in total. The maximum Gasteiger partial charge on any atom is 0.272 e. The second-order valence-corrected chi connectivity index (χ2v) is 4.33. The van der Waals surface area contributed by atoms with Gasteiger partial charge in [-0.1, -0.05) is 37.3 Å². The van der Waals surface area contributed by atoms with Gasteiger partial charge in [-0.15, -0.1) is 0 Å². The minimum Gasteiger partial charge on any atom is -0.371 e. The van der Waals surface area contributed by atoms with Crippen molar-refractivity contribution in [1.29, 1.82) is 0 Å². The molecule has 0 aliphatic rings. The molecule has 0 bridgehead atoms. The minimum atomic E-state index is -2.75. The third-order valence-corrected chi connectivity index (χ3v) is 2.52. The van der Waals surface area contributed by atoms with Crippen molar-refractivity contribution in [1.82, 2.24) is 5.32 Å². The quantitative estimate of drug-likeness (QED) is 0.686. The summed E-state index contributed by atoms with van der Waals surface area (Å²) < 4.78 is 31.8. The first-order valence-electron chi connectivity index (χ1n) is 6.34. The van der Waals surface area contributed by atoms with Crippen LogP contribution in [0.5, 0.6) is 0 Å². The lowest BCUT2D eigenvalue weighted by Gasteiger charge is -2.16. The van der Waals surface area contributed by atoms with Crippen LogP contribution in [0.1, 0.15) is 25.3 Å². The van der Waals surface area contributed by atoms with E-state index in [4.69, 9.17) is 4.74 Å². The van der Waals surface area contributed by atoms with E-state index in [9.17, 15) is 8.78 Å². The number of rotatable bonds is 9. The zero-order valence-electron chi connectivity index (χ0n) is 10.8. The van der Waals surface area contributed by atoms with Gasteiger partial charge in [0.05, 0.1) is 6.61 Å². The van der Waals surface area contributed by atoms with Crippen LogP contribution in [0.25, 0.3) is 0 Å². The Kier molecular flexibility index (Phi) is 6.83. The fourth-order valence-electron chi connectivity index (χ4n) is 1.54. The minimum absolute atomic E-state index is 0.179. The number of ether oxygens (including phenoxy) is 1. The van der Waals surface area contributed by atoms with Crippen LogP contribution < -0.4 is 5.32 Å². The summed E-state index contributed by atoms with van der Waals surface area (Å²) in [6.45, 7) is 2.83. The van der Waals surface area contributed by atoms with Crippen molar-refractivity contribution >= 4 is 0 Å². The van der Waals surface area contributed by atoms with Crippen molar-refractivity contribution in [3.05, 3.63) is 35.9 Å². The lowest BCUT2D eigenvalue weighted by Crippen LogP contribution is -2.29. The van der Waals surface area contributed by atoms with E-state index in [1.54, 1.807) is 0 Å². The van der Waals surface area contributed by atoms with Gasteiger partial charge < -0.3 is 10.1 Å². The van der Waals surface area contributed by atoms with Crippen LogP contribution in [0.2, 0.25) is 0 Å². The maximum atomic E-state index is 13.4. The molecule has 0 aliphatic heterocycles. The van der Waals surface area contributed by atoms with E-state index >= 15 is 0 Å². The first kappa shape index (κ1) is 15.1. The SMILES string of the molecule is CCCNCCC(F)(F)COCc1ccccc1. The van der Waals surface area contributed by atoms with Gasteiger partial charge in [0, 0.05) is 13.0 Å². The summed E-state index contributed by atoms with van der Waals surface area (Å²) in [5.41, 5.74) is 0.914. The van der Waals surface area contributed by atoms with Crippen LogP contribution in [0, 0.1) is 0 Å². The number of hydrogen-bond acceptors (Lipinski definition) is 2. The Hall–Kier alpha value is -1.00. The van der Waals surface area contributed by atoms with E-state index in [0.29, 0.717) is 6.54 Å². The summed E-state index contributed by atoms with van der Waals surface area (Å²) in [5, 5.41) is 2.96. The van der Waals surface area contributed by atoms with Gasteiger partial charge in [0.25, 0.3) is 5.92 Å². The van der Waals surface area contributed by atoms with E-state index < -0.39 is 12.5 Å². The average Bonchev–Trinajstić information content (AvgIpc) is 2.36. The van der Waals surface area contributed by atoms with Crippen LogP contribution in [-0.4, -0.2) is 25.6 Å². The molecule has 0 heterocycles. The number of halogens is 2. The van der Waals surface area contributed by atoms with Gasteiger partial charge >= 0.3 is 0 Å². The third-order valence-electron chi connectivity index (χ3n) is 2.52. The molecule has 1 aromatic rings. The van der Waals surface area contributed by atoms with Crippen molar-refractivity contribution in [2.45, 2.75) is 32.3 Å². The molecule has 4 heteroatoms. The molecule has 0 unspecified atom stereocenters. The Morgan fingerprint density at radius 1 is 1.17 bits per heavy atom. The van der Waals surface area contributed by atoms with E-state index in [1.807, 2.05) is 37.3 Å². The molecule has 0 radical (unpaired) electrons. The van der Waals surface area contributed by atoms with Crippen molar-refractivity contribution in [2.24, 2.45) is 0 Å². The van der Waals surface area contributed by atoms with Gasteiger partial charge in [-0.2, -0.15) is 0 Å². The largest absolute Gasteiger partial charge is 0.371 e. The molecular weight excluding hydrogens is 236 g/mol. The Morgan fingerprint density at radius 2 is 1.89 bits per heavy atom. The van der Waals surface area contributed by atoms with E-state index in [1.165, 1.54) is 0 Å². The van der Waals surface area contributed by atoms with Crippen LogP contribution in [0.3, 0.4) is 0 Å². The predicted octanol–water partition coefficient (Wildman–Crippen LogP) is 3.23. The lowest BCUT2D eigenvalue weighted by molar-refractivity contribution is -0.0859. The molecule has 0 fully saturated rings. The highest BCUT2D eigenvalue weighted by Crippen LogP contribution is 2.18. The van der Waals surface area contributed by atoms with Crippen LogP contribution in [0.15, 0.2) is 30.3 Å². The number of alkyl halides is 2. The van der Waals surface area contributed by atoms with Crippen molar-refractivity contribution < 1.29 is 13.5 Å². The Labute approximate surface area is 107 Å². The lowest BCUT2D eigenvalue weighted by atomic mass is 10.2. The van der Waals surface area contributed by atoms with Gasteiger partial charge in [0.2, 0.25) is 0 Å². The molecule has 0 saturated heterocycles. The summed E-state index contributed by atoms with van der Waals surface area (Å²) in [6.07, 6.45) is 0.776. The molecule has 1 aromatic carbocycles. The fraction of sp³-hybridized carbons (Fsp3) is 0.571. The standard InChI is InChI=1S/C14H21F2NO/c1-2-9-17-10-8-14(15,16)12-18-11-13-6-4-3-5-7-13/h3-7,17H,2,8-12H2,1H3. The van der Waals surface area contributed by atoms with E-state index in [0.717, 1.165) is 18.5 Å². The topological polar surface area (TPSA) is 21.3 Å². The maximum absolute atomic E-state index is 13.4. The Bertz CT molecular complexity index is 317. The second kappa shape index (κ2) is 8.16. The number of nitrogens with one attached hydrogen (secondary N) is 1. The van der Waals surface area contributed by atoms with E-state index in [-0.39, 0.29) is 13.0 Å². The molecule has 102 valence electrons. The number of hydrogen-bond donors (Lipinski definition) is 1. The monoisotopic (exact) mass is 257 g/mol. The Balaban J connectivity index is 2.16. The molecule has 2 nitrogen and oxygen atoms in total. The molecule has 0 aromatic heterocycles. The first-order chi connectivity index (χ1) is 8.64. The molecule has 18 heavy (non-hydrogen) atoms. The van der Waals surface area contributed by atoms with Crippen molar-refractivity contribution in [3.63, 3.8) is 0 Å². The molecule has 0 spiro atoms. The fourth-order valence-corrected chi connectivity index (χ4v) is 1.54. The van der Waals surface area contributed by atoms with Gasteiger partial charge in [-0.3, -0.25) is 0 Å². The highest BCUT2D eigenvalue weighted by atomic mass is 19.3. The van der Waals surface area contributed by atoms with Gasteiger partial charge in [0.1, 0.15) is 6.61 Å². The zero-order valence-corrected chi connectivity index (χ0v) is 10.8. The number of benzene rings is 1. The normalized spacial score (nSPS) is 11.7.